The van der Waals surface area contributed by atoms with E-state index in [2.05, 4.69) is 63.2 Å². The largest absolute Gasteiger partial charge is 0.434 e. The highest BCUT2D eigenvalue weighted by molar-refractivity contribution is 7.13. The monoisotopic (exact) mass is 610 g/mol. The van der Waals surface area contributed by atoms with E-state index in [0.29, 0.717) is 11.7 Å². The maximum absolute atomic E-state index is 12.9. The van der Waals surface area contributed by atoms with E-state index < -0.39 is 11.9 Å². The zero-order valence-corrected chi connectivity index (χ0v) is 24.8. The van der Waals surface area contributed by atoms with Crippen molar-refractivity contribution in [1.82, 2.24) is 4.98 Å². The van der Waals surface area contributed by atoms with Crippen LogP contribution in [0.3, 0.4) is 0 Å². The summed E-state index contributed by atoms with van der Waals surface area (Å²) >= 11 is 0.910. The lowest BCUT2D eigenvalue weighted by Gasteiger charge is -2.16. The average Bonchev–Trinajstić information content (AvgIpc) is 3.51. The topological polar surface area (TPSA) is 73.7 Å². The Kier molecular flexibility index (Phi) is 8.17. The van der Waals surface area contributed by atoms with E-state index in [1.165, 1.54) is 0 Å². The van der Waals surface area contributed by atoms with Crippen molar-refractivity contribution in [2.75, 3.05) is 16.0 Å². The fourth-order valence-corrected chi connectivity index (χ4v) is 5.57. The molecule has 0 amide bonds. The highest BCUT2D eigenvalue weighted by atomic mass is 32.1. The Morgan fingerprint density at radius 2 is 1.23 bits per heavy atom. The molecule has 1 unspecified atom stereocenters. The van der Waals surface area contributed by atoms with Gasteiger partial charge in [-0.15, -0.1) is 21.6 Å². The van der Waals surface area contributed by atoms with E-state index in [0.717, 1.165) is 73.1 Å². The lowest BCUT2D eigenvalue weighted by molar-refractivity contribution is -0.140. The molecular weight excluding hydrogens is 581 g/mol. The Bertz CT molecular complexity index is 1950. The van der Waals surface area contributed by atoms with E-state index >= 15 is 0 Å². The van der Waals surface area contributed by atoms with E-state index in [1.807, 2.05) is 66.7 Å². The molecule has 0 bridgehead atoms. The molecule has 6 aromatic rings. The first-order valence-electron chi connectivity index (χ1n) is 14.2. The number of fused-ring (bicyclic) bond motifs is 2. The second kappa shape index (κ2) is 12.3. The van der Waals surface area contributed by atoms with Crippen molar-refractivity contribution in [3.8, 4) is 0 Å². The highest BCUT2D eigenvalue weighted by Crippen LogP contribution is 2.37. The lowest BCUT2D eigenvalue weighted by Crippen LogP contribution is -2.13. The molecule has 0 radical (unpaired) electrons. The van der Waals surface area contributed by atoms with Gasteiger partial charge >= 0.3 is 6.18 Å². The number of nitrogens with one attached hydrogen (secondary N) is 3. The van der Waals surface area contributed by atoms with Gasteiger partial charge in [-0.1, -0.05) is 55.5 Å². The molecule has 0 spiro atoms. The summed E-state index contributed by atoms with van der Waals surface area (Å²) in [5, 5.41) is 24.5. The third-order valence-electron chi connectivity index (χ3n) is 7.29. The molecule has 0 saturated carbocycles. The van der Waals surface area contributed by atoms with Crippen LogP contribution in [-0.4, -0.2) is 11.0 Å². The molecule has 0 fully saturated rings. The summed E-state index contributed by atoms with van der Waals surface area (Å²) in [7, 11) is 0. The number of aromatic nitrogens is 1. The van der Waals surface area contributed by atoms with Crippen LogP contribution >= 0.6 is 11.3 Å². The second-order valence-electron chi connectivity index (χ2n) is 10.4. The van der Waals surface area contributed by atoms with Crippen LogP contribution in [0, 0.1) is 0 Å². The van der Waals surface area contributed by atoms with Crippen LogP contribution < -0.4 is 16.0 Å². The first kappa shape index (κ1) is 29.1. The van der Waals surface area contributed by atoms with Gasteiger partial charge in [0, 0.05) is 55.7 Å². The van der Waals surface area contributed by atoms with E-state index in [1.54, 1.807) is 12.1 Å². The molecule has 1 aromatic heterocycles. The van der Waals surface area contributed by atoms with Crippen LogP contribution in [0.15, 0.2) is 113 Å². The number of hydrogen-bond acceptors (Lipinski definition) is 7. The van der Waals surface area contributed by atoms with Crippen molar-refractivity contribution in [2.45, 2.75) is 32.5 Å². The van der Waals surface area contributed by atoms with Gasteiger partial charge in [-0.25, -0.2) is 4.98 Å². The Morgan fingerprint density at radius 1 is 0.705 bits per heavy atom. The minimum atomic E-state index is -4.46. The van der Waals surface area contributed by atoms with Crippen LogP contribution in [0.2, 0.25) is 0 Å². The predicted molar refractivity (Wildman–Crippen MR) is 176 cm³/mol. The summed E-state index contributed by atoms with van der Waals surface area (Å²) in [6, 6.07) is 31.8. The van der Waals surface area contributed by atoms with Crippen LogP contribution in [0.4, 0.5) is 52.4 Å². The molecule has 0 saturated heterocycles. The van der Waals surface area contributed by atoms with Gasteiger partial charge in [0.2, 0.25) is 0 Å². The number of nitrogens with zero attached hydrogens (tertiary/aromatic N) is 3. The predicted octanol–water partition coefficient (Wildman–Crippen LogP) is 11.6. The molecule has 0 aliphatic rings. The number of halogens is 3. The molecule has 6 rings (SSSR count). The molecule has 6 nitrogen and oxygen atoms in total. The molecule has 44 heavy (non-hydrogen) atoms. The summed E-state index contributed by atoms with van der Waals surface area (Å²) in [5.74, 6) is 0. The molecular formula is C34H29F3N6S. The van der Waals surface area contributed by atoms with Crippen LogP contribution in [0.25, 0.3) is 21.5 Å². The SMILES string of the molecule is CCC(C)Nc1ccc(N=Nc2ccc(Nc3ccc(Nc4nc(C(F)(F)F)cs4)cc3)c3ccccc23)c2ccccc12. The summed E-state index contributed by atoms with van der Waals surface area (Å²) < 4.78 is 38.6. The summed E-state index contributed by atoms with van der Waals surface area (Å²) in [5.41, 5.74) is 4.07. The van der Waals surface area contributed by atoms with E-state index in [-0.39, 0.29) is 5.13 Å². The number of benzene rings is 5. The van der Waals surface area contributed by atoms with Crippen LogP contribution in [0.5, 0.6) is 0 Å². The van der Waals surface area contributed by atoms with E-state index in [4.69, 9.17) is 0 Å². The van der Waals surface area contributed by atoms with Gasteiger partial charge in [0.25, 0.3) is 0 Å². The number of anilines is 5. The first-order chi connectivity index (χ1) is 21.3. The number of alkyl halides is 3. The molecule has 3 N–H and O–H groups in total. The molecule has 1 heterocycles. The van der Waals surface area contributed by atoms with Gasteiger partial charge in [0.05, 0.1) is 11.4 Å². The summed E-state index contributed by atoms with van der Waals surface area (Å²) in [6.45, 7) is 4.33. The van der Waals surface area contributed by atoms with Gasteiger partial charge in [-0.3, -0.25) is 0 Å². The number of hydrogen-bond donors (Lipinski definition) is 3. The van der Waals surface area contributed by atoms with Crippen molar-refractivity contribution in [1.29, 1.82) is 0 Å². The summed E-state index contributed by atoms with van der Waals surface area (Å²) in [4.78, 5) is 3.62. The van der Waals surface area contributed by atoms with Crippen molar-refractivity contribution in [2.24, 2.45) is 10.2 Å². The zero-order valence-electron chi connectivity index (χ0n) is 24.0. The summed E-state index contributed by atoms with van der Waals surface area (Å²) in [6.07, 6.45) is -3.44. The Hall–Kier alpha value is -4.96. The molecule has 1 atom stereocenters. The van der Waals surface area contributed by atoms with Gasteiger partial charge in [0.15, 0.2) is 10.8 Å². The van der Waals surface area contributed by atoms with Crippen molar-refractivity contribution in [3.05, 3.63) is 108 Å². The third kappa shape index (κ3) is 6.35. The zero-order chi connectivity index (χ0) is 30.7. The molecule has 5 aromatic carbocycles. The third-order valence-corrected chi connectivity index (χ3v) is 8.05. The molecule has 0 aliphatic carbocycles. The second-order valence-corrected chi connectivity index (χ2v) is 11.2. The van der Waals surface area contributed by atoms with Gasteiger partial charge in [0.1, 0.15) is 0 Å². The average molecular weight is 611 g/mol. The maximum Gasteiger partial charge on any atom is 0.434 e. The van der Waals surface area contributed by atoms with Crippen LogP contribution in [0.1, 0.15) is 26.0 Å². The molecule has 222 valence electrons. The van der Waals surface area contributed by atoms with Crippen molar-refractivity contribution < 1.29 is 13.2 Å². The van der Waals surface area contributed by atoms with E-state index in [9.17, 15) is 13.2 Å². The molecule has 0 aliphatic heterocycles. The quantitative estimate of drug-likeness (QED) is 0.142. The molecule has 10 heteroatoms. The van der Waals surface area contributed by atoms with Crippen molar-refractivity contribution >= 4 is 72.1 Å². The number of thiazole rings is 1. The first-order valence-corrected chi connectivity index (χ1v) is 15.0. The fraction of sp³-hybridized carbons (Fsp3) is 0.147. The minimum Gasteiger partial charge on any atom is -0.382 e. The Balaban J connectivity index is 1.23. The van der Waals surface area contributed by atoms with Gasteiger partial charge in [-0.05, 0) is 61.9 Å². The number of rotatable bonds is 9. The normalized spacial score (nSPS) is 12.6. The maximum atomic E-state index is 12.9. The minimum absolute atomic E-state index is 0.181. The van der Waals surface area contributed by atoms with Crippen molar-refractivity contribution in [3.63, 3.8) is 0 Å². The van der Waals surface area contributed by atoms with Gasteiger partial charge in [-0.2, -0.15) is 13.2 Å². The Labute approximate surface area is 256 Å². The Morgan fingerprint density at radius 3 is 1.77 bits per heavy atom. The fourth-order valence-electron chi connectivity index (χ4n) is 4.83. The highest BCUT2D eigenvalue weighted by Gasteiger charge is 2.33. The number of azo groups is 1. The van der Waals surface area contributed by atoms with Gasteiger partial charge < -0.3 is 16.0 Å². The lowest BCUT2D eigenvalue weighted by atomic mass is 10.1. The standard InChI is InChI=1S/C34H29F3N6S/c1-3-21(2)38-28-16-18-30(26-10-6-4-8-24(26)28)42-43-31-19-17-29(25-9-5-7-11-27(25)31)39-22-12-14-23(15-13-22)40-33-41-32(20-44-33)34(35,36)37/h4-21,38-39H,3H2,1-2H3,(H,40,41). The smallest absolute Gasteiger partial charge is 0.382 e. The van der Waals surface area contributed by atoms with Crippen LogP contribution in [-0.2, 0) is 6.18 Å².